The SMILES string of the molecule is O=S(=O)(Cc1noc2ccccc12)NCc1nccc(N2CCCC2)n1. The number of fused-ring (bicyclic) bond motifs is 1. The lowest BCUT2D eigenvalue weighted by atomic mass is 10.2. The lowest BCUT2D eigenvalue weighted by Gasteiger charge is -2.16. The maximum atomic E-state index is 12.4. The molecule has 2 aromatic heterocycles. The Morgan fingerprint density at radius 3 is 2.81 bits per heavy atom. The molecule has 0 bridgehead atoms. The molecule has 0 unspecified atom stereocenters. The van der Waals surface area contributed by atoms with Crippen molar-refractivity contribution in [3.05, 3.63) is 48.0 Å². The van der Waals surface area contributed by atoms with Crippen LogP contribution in [0.3, 0.4) is 0 Å². The Kier molecular flexibility index (Phi) is 4.56. The van der Waals surface area contributed by atoms with Gasteiger partial charge < -0.3 is 9.42 Å². The average molecular weight is 373 g/mol. The predicted octanol–water partition coefficient (Wildman–Crippen LogP) is 1.84. The molecule has 0 atom stereocenters. The standard InChI is InChI=1S/C17H19N5O3S/c23-26(24,12-14-13-5-1-2-6-15(13)25-21-14)19-11-16-18-8-7-17(20-16)22-9-3-4-10-22/h1-2,5-8,19H,3-4,9-12H2. The van der Waals surface area contributed by atoms with Crippen LogP contribution < -0.4 is 9.62 Å². The molecule has 0 saturated carbocycles. The summed E-state index contributed by atoms with van der Waals surface area (Å²) in [5.74, 6) is 1.03. The summed E-state index contributed by atoms with van der Waals surface area (Å²) in [4.78, 5) is 10.8. The molecule has 0 spiro atoms. The van der Waals surface area contributed by atoms with Crippen molar-refractivity contribution < 1.29 is 12.9 Å². The highest BCUT2D eigenvalue weighted by Crippen LogP contribution is 2.20. The summed E-state index contributed by atoms with van der Waals surface area (Å²) >= 11 is 0. The molecule has 1 aliphatic heterocycles. The summed E-state index contributed by atoms with van der Waals surface area (Å²) in [5, 5.41) is 4.57. The molecule has 8 nitrogen and oxygen atoms in total. The van der Waals surface area contributed by atoms with Gasteiger partial charge in [0.25, 0.3) is 0 Å². The lowest BCUT2D eigenvalue weighted by molar-refractivity contribution is 0.448. The van der Waals surface area contributed by atoms with E-state index in [1.807, 2.05) is 18.2 Å². The molecule has 0 amide bonds. The second-order valence-electron chi connectivity index (χ2n) is 6.23. The molecular weight excluding hydrogens is 354 g/mol. The molecule has 3 aromatic rings. The molecule has 1 saturated heterocycles. The third kappa shape index (κ3) is 3.68. The van der Waals surface area contributed by atoms with Crippen molar-refractivity contribution in [2.24, 2.45) is 0 Å². The van der Waals surface area contributed by atoms with Crippen molar-refractivity contribution in [1.82, 2.24) is 19.8 Å². The van der Waals surface area contributed by atoms with Crippen LogP contribution in [-0.2, 0) is 22.3 Å². The van der Waals surface area contributed by atoms with E-state index in [0.29, 0.717) is 22.5 Å². The number of para-hydroxylation sites is 1. The number of nitrogens with one attached hydrogen (secondary N) is 1. The van der Waals surface area contributed by atoms with Gasteiger partial charge >= 0.3 is 0 Å². The Morgan fingerprint density at radius 1 is 1.15 bits per heavy atom. The molecule has 1 aliphatic rings. The van der Waals surface area contributed by atoms with Gasteiger partial charge in [0.05, 0.1) is 6.54 Å². The number of nitrogens with zero attached hydrogens (tertiary/aromatic N) is 4. The van der Waals surface area contributed by atoms with Crippen LogP contribution in [-0.4, -0.2) is 36.6 Å². The van der Waals surface area contributed by atoms with E-state index in [9.17, 15) is 8.42 Å². The van der Waals surface area contributed by atoms with E-state index < -0.39 is 10.0 Å². The molecule has 1 fully saturated rings. The van der Waals surface area contributed by atoms with E-state index in [1.54, 1.807) is 18.3 Å². The Balaban J connectivity index is 1.44. The molecule has 26 heavy (non-hydrogen) atoms. The first-order valence-electron chi connectivity index (χ1n) is 8.48. The minimum atomic E-state index is -3.59. The van der Waals surface area contributed by atoms with Gasteiger partial charge in [0, 0.05) is 24.7 Å². The Hall–Kier alpha value is -2.52. The van der Waals surface area contributed by atoms with E-state index in [0.717, 1.165) is 31.7 Å². The number of benzene rings is 1. The van der Waals surface area contributed by atoms with Gasteiger partial charge in [0.2, 0.25) is 10.0 Å². The maximum Gasteiger partial charge on any atom is 0.217 e. The molecule has 1 N–H and O–H groups in total. The van der Waals surface area contributed by atoms with Crippen LogP contribution in [0.25, 0.3) is 11.0 Å². The fourth-order valence-corrected chi connectivity index (χ4v) is 4.06. The monoisotopic (exact) mass is 373 g/mol. The second-order valence-corrected chi connectivity index (χ2v) is 8.04. The van der Waals surface area contributed by atoms with Crippen LogP contribution in [0.2, 0.25) is 0 Å². The molecule has 0 aliphatic carbocycles. The van der Waals surface area contributed by atoms with Crippen LogP contribution >= 0.6 is 0 Å². The first-order chi connectivity index (χ1) is 12.6. The number of anilines is 1. The van der Waals surface area contributed by atoms with Gasteiger partial charge in [-0.15, -0.1) is 0 Å². The van der Waals surface area contributed by atoms with E-state index in [1.165, 1.54) is 0 Å². The molecule has 1 aromatic carbocycles. The van der Waals surface area contributed by atoms with Crippen molar-refractivity contribution in [3.63, 3.8) is 0 Å². The average Bonchev–Trinajstić information content (AvgIpc) is 3.31. The van der Waals surface area contributed by atoms with E-state index in [4.69, 9.17) is 4.52 Å². The Labute approximate surface area is 151 Å². The summed E-state index contributed by atoms with van der Waals surface area (Å²) in [6.07, 6.45) is 3.96. The topological polar surface area (TPSA) is 101 Å². The van der Waals surface area contributed by atoms with Crippen molar-refractivity contribution in [2.75, 3.05) is 18.0 Å². The summed E-state index contributed by atoms with van der Waals surface area (Å²) in [6.45, 7) is 1.99. The Morgan fingerprint density at radius 2 is 1.96 bits per heavy atom. The second kappa shape index (κ2) is 7.00. The number of hydrogen-bond acceptors (Lipinski definition) is 7. The van der Waals surface area contributed by atoms with Crippen LogP contribution in [0.1, 0.15) is 24.4 Å². The van der Waals surface area contributed by atoms with Crippen LogP contribution in [0.15, 0.2) is 41.1 Å². The first kappa shape index (κ1) is 16.9. The largest absolute Gasteiger partial charge is 0.357 e. The quantitative estimate of drug-likeness (QED) is 0.703. The van der Waals surface area contributed by atoms with Crippen molar-refractivity contribution >= 4 is 26.8 Å². The summed E-state index contributed by atoms with van der Waals surface area (Å²) < 4.78 is 32.5. The highest BCUT2D eigenvalue weighted by Gasteiger charge is 2.18. The zero-order valence-corrected chi connectivity index (χ0v) is 14.9. The van der Waals surface area contributed by atoms with Gasteiger partial charge in [-0.1, -0.05) is 17.3 Å². The van der Waals surface area contributed by atoms with Crippen molar-refractivity contribution in [1.29, 1.82) is 0 Å². The lowest BCUT2D eigenvalue weighted by Crippen LogP contribution is -2.26. The van der Waals surface area contributed by atoms with Gasteiger partial charge in [-0.3, -0.25) is 0 Å². The van der Waals surface area contributed by atoms with E-state index in [-0.39, 0.29) is 12.3 Å². The molecular formula is C17H19N5O3S. The summed E-state index contributed by atoms with van der Waals surface area (Å²) in [5.41, 5.74) is 0.958. The zero-order valence-electron chi connectivity index (χ0n) is 14.1. The highest BCUT2D eigenvalue weighted by molar-refractivity contribution is 7.88. The number of sulfonamides is 1. The molecule has 4 rings (SSSR count). The normalized spacial score (nSPS) is 15.0. The van der Waals surface area contributed by atoms with Gasteiger partial charge in [0.1, 0.15) is 23.1 Å². The fraction of sp³-hybridized carbons (Fsp3) is 0.353. The van der Waals surface area contributed by atoms with Crippen LogP contribution in [0.4, 0.5) is 5.82 Å². The molecule has 136 valence electrons. The van der Waals surface area contributed by atoms with E-state index >= 15 is 0 Å². The number of rotatable bonds is 6. The van der Waals surface area contributed by atoms with E-state index in [2.05, 4.69) is 24.7 Å². The van der Waals surface area contributed by atoms with Gasteiger partial charge in [-0.25, -0.2) is 23.1 Å². The molecule has 3 heterocycles. The van der Waals surface area contributed by atoms with Gasteiger partial charge in [0.15, 0.2) is 5.58 Å². The number of aromatic nitrogens is 3. The van der Waals surface area contributed by atoms with Crippen molar-refractivity contribution in [2.45, 2.75) is 25.1 Å². The maximum absolute atomic E-state index is 12.4. The minimum Gasteiger partial charge on any atom is -0.357 e. The van der Waals surface area contributed by atoms with Crippen LogP contribution in [0, 0.1) is 0 Å². The fourth-order valence-electron chi connectivity index (χ4n) is 3.04. The summed E-state index contributed by atoms with van der Waals surface area (Å²) in [7, 11) is -3.59. The predicted molar refractivity (Wildman–Crippen MR) is 97.0 cm³/mol. The third-order valence-electron chi connectivity index (χ3n) is 4.35. The third-order valence-corrected chi connectivity index (χ3v) is 5.59. The molecule has 9 heteroatoms. The smallest absolute Gasteiger partial charge is 0.217 e. The minimum absolute atomic E-state index is 0.0415. The van der Waals surface area contributed by atoms with Gasteiger partial charge in [-0.2, -0.15) is 0 Å². The highest BCUT2D eigenvalue weighted by atomic mass is 32.2. The first-order valence-corrected chi connectivity index (χ1v) is 10.1. The summed E-state index contributed by atoms with van der Waals surface area (Å²) in [6, 6.07) is 9.03. The van der Waals surface area contributed by atoms with Crippen molar-refractivity contribution in [3.8, 4) is 0 Å². The van der Waals surface area contributed by atoms with Gasteiger partial charge in [-0.05, 0) is 31.0 Å². The zero-order chi connectivity index (χ0) is 18.0. The Bertz CT molecular complexity index is 1010. The molecule has 0 radical (unpaired) electrons. The number of hydrogen-bond donors (Lipinski definition) is 1. The van der Waals surface area contributed by atoms with Crippen LogP contribution in [0.5, 0.6) is 0 Å².